The van der Waals surface area contributed by atoms with Crippen LogP contribution >= 0.6 is 11.8 Å². The van der Waals surface area contributed by atoms with Crippen LogP contribution < -0.4 is 0 Å². The average molecular weight is 383 g/mol. The Kier molecular flexibility index (Phi) is 5.15. The molecule has 2 heterocycles. The van der Waals surface area contributed by atoms with E-state index in [4.69, 9.17) is 9.73 Å². The number of carbonyl (C=O) groups excluding carboxylic acids is 1. The Balaban J connectivity index is 1.71. The van der Waals surface area contributed by atoms with Gasteiger partial charge in [-0.15, -0.1) is 11.8 Å². The summed E-state index contributed by atoms with van der Waals surface area (Å²) in [6, 6.07) is 16.1. The smallest absolute Gasteiger partial charge is 0.169 e. The molecule has 1 fully saturated rings. The van der Waals surface area contributed by atoms with Crippen molar-refractivity contribution >= 4 is 22.6 Å². The van der Waals surface area contributed by atoms with Gasteiger partial charge in [-0.1, -0.05) is 48.5 Å². The first-order valence-corrected chi connectivity index (χ1v) is 10.2. The molecule has 0 aliphatic carbocycles. The van der Waals surface area contributed by atoms with E-state index in [0.717, 1.165) is 10.8 Å². The number of halogens is 1. The van der Waals surface area contributed by atoms with Crippen molar-refractivity contribution in [2.75, 3.05) is 12.4 Å². The first-order chi connectivity index (χ1) is 13.1. The molecule has 0 radical (unpaired) electrons. The Hall–Kier alpha value is -1.98. The molecule has 5 heteroatoms. The third-order valence-electron chi connectivity index (χ3n) is 5.55. The van der Waals surface area contributed by atoms with Crippen molar-refractivity contribution in [3.05, 3.63) is 71.5 Å². The van der Waals surface area contributed by atoms with Crippen molar-refractivity contribution in [1.82, 2.24) is 0 Å². The molecule has 4 rings (SSSR count). The molecule has 0 spiro atoms. The summed E-state index contributed by atoms with van der Waals surface area (Å²) >= 11 is 1.60. The van der Waals surface area contributed by atoms with Crippen LogP contribution in [0.25, 0.3) is 0 Å². The van der Waals surface area contributed by atoms with Gasteiger partial charge in [-0.25, -0.2) is 4.39 Å². The highest BCUT2D eigenvalue weighted by atomic mass is 32.2. The monoisotopic (exact) mass is 383 g/mol. The minimum absolute atomic E-state index is 0.000908. The number of nitrogens with zero attached hydrogens (tertiary/aromatic N) is 1. The summed E-state index contributed by atoms with van der Waals surface area (Å²) in [6.45, 7) is 2.58. The zero-order valence-electron chi connectivity index (χ0n) is 15.2. The predicted octanol–water partition coefficient (Wildman–Crippen LogP) is 4.86. The van der Waals surface area contributed by atoms with Gasteiger partial charge in [0.1, 0.15) is 5.82 Å². The lowest BCUT2D eigenvalue weighted by Gasteiger charge is -2.47. The highest BCUT2D eigenvalue weighted by Gasteiger charge is 2.49. The van der Waals surface area contributed by atoms with Crippen LogP contribution in [-0.4, -0.2) is 29.3 Å². The first-order valence-electron chi connectivity index (χ1n) is 9.26. The summed E-state index contributed by atoms with van der Waals surface area (Å²) in [5.74, 6) is 0.671. The van der Waals surface area contributed by atoms with Gasteiger partial charge in [-0.05, 0) is 13.0 Å². The minimum Gasteiger partial charge on any atom is -0.378 e. The standard InChI is InChI=1S/C22H22FNO2S/c1-15-18-14-27-21(13-20(25)16-7-3-2-4-8-16)24-22(18,11-12-26-15)17-9-5-6-10-19(17)23/h2-10,15,18H,11-14H2,1H3/t15-,18-,22-/m1/s1. The summed E-state index contributed by atoms with van der Waals surface area (Å²) in [5, 5.41) is 0.789. The fourth-order valence-electron chi connectivity index (χ4n) is 4.10. The normalized spacial score (nSPS) is 27.6. The van der Waals surface area contributed by atoms with Crippen LogP contribution in [0.5, 0.6) is 0 Å². The van der Waals surface area contributed by atoms with Gasteiger partial charge >= 0.3 is 0 Å². The van der Waals surface area contributed by atoms with Gasteiger partial charge in [0, 0.05) is 35.8 Å². The van der Waals surface area contributed by atoms with Gasteiger partial charge in [-0.2, -0.15) is 0 Å². The number of benzene rings is 2. The van der Waals surface area contributed by atoms with Gasteiger partial charge in [0.25, 0.3) is 0 Å². The molecule has 0 N–H and O–H groups in total. The molecule has 2 aromatic carbocycles. The van der Waals surface area contributed by atoms with Crippen molar-refractivity contribution in [2.24, 2.45) is 10.9 Å². The van der Waals surface area contributed by atoms with Crippen LogP contribution in [0.4, 0.5) is 4.39 Å². The molecule has 1 saturated heterocycles. The highest BCUT2D eigenvalue weighted by Crippen LogP contribution is 2.49. The summed E-state index contributed by atoms with van der Waals surface area (Å²) in [5.41, 5.74) is 0.652. The maximum Gasteiger partial charge on any atom is 0.169 e. The minimum atomic E-state index is -0.652. The molecular weight excluding hydrogens is 361 g/mol. The Labute approximate surface area is 163 Å². The zero-order valence-corrected chi connectivity index (χ0v) is 16.0. The number of aliphatic imine (C=N–C) groups is 1. The second-order valence-corrected chi connectivity index (χ2v) is 8.21. The van der Waals surface area contributed by atoms with Crippen LogP contribution in [0.3, 0.4) is 0 Å². The lowest BCUT2D eigenvalue weighted by atomic mass is 9.72. The van der Waals surface area contributed by atoms with Gasteiger partial charge in [0.2, 0.25) is 0 Å². The van der Waals surface area contributed by atoms with Crippen molar-refractivity contribution in [2.45, 2.75) is 31.4 Å². The fourth-order valence-corrected chi connectivity index (χ4v) is 5.48. The molecule has 0 amide bonds. The second kappa shape index (κ2) is 7.56. The van der Waals surface area contributed by atoms with Crippen molar-refractivity contribution in [3.63, 3.8) is 0 Å². The molecule has 140 valence electrons. The lowest BCUT2D eigenvalue weighted by Crippen LogP contribution is -2.50. The van der Waals surface area contributed by atoms with Crippen molar-refractivity contribution in [3.8, 4) is 0 Å². The number of rotatable bonds is 4. The number of ketones is 1. The fraction of sp³-hybridized carbons (Fsp3) is 0.364. The number of ether oxygens (including phenoxy) is 1. The van der Waals surface area contributed by atoms with Crippen LogP contribution in [0, 0.1) is 11.7 Å². The zero-order chi connectivity index (χ0) is 18.9. The number of hydrogen-bond acceptors (Lipinski definition) is 4. The molecule has 2 aromatic rings. The van der Waals surface area contributed by atoms with E-state index in [0.29, 0.717) is 24.2 Å². The first kappa shape index (κ1) is 18.4. The van der Waals surface area contributed by atoms with Gasteiger partial charge in [0.15, 0.2) is 5.78 Å². The Morgan fingerprint density at radius 2 is 1.96 bits per heavy atom. The van der Waals surface area contributed by atoms with Gasteiger partial charge in [-0.3, -0.25) is 9.79 Å². The Morgan fingerprint density at radius 1 is 1.22 bits per heavy atom. The number of thioether (sulfide) groups is 1. The van der Waals surface area contributed by atoms with E-state index in [9.17, 15) is 9.18 Å². The molecular formula is C22H22FNO2S. The quantitative estimate of drug-likeness (QED) is 0.708. The van der Waals surface area contributed by atoms with Crippen LogP contribution in [0.1, 0.15) is 35.7 Å². The molecule has 0 unspecified atom stereocenters. The third kappa shape index (κ3) is 3.46. The second-order valence-electron chi connectivity index (χ2n) is 7.12. The molecule has 2 aliphatic rings. The van der Waals surface area contributed by atoms with Gasteiger partial charge < -0.3 is 4.74 Å². The number of fused-ring (bicyclic) bond motifs is 1. The molecule has 0 saturated carbocycles. The van der Waals surface area contributed by atoms with E-state index in [1.54, 1.807) is 17.8 Å². The SMILES string of the molecule is C[C@H]1OCC[C@]2(c3ccccc3F)N=C(CC(=O)c3ccccc3)SC[C@H]12. The number of carbonyl (C=O) groups is 1. The maximum absolute atomic E-state index is 14.7. The van der Waals surface area contributed by atoms with E-state index < -0.39 is 5.54 Å². The summed E-state index contributed by atoms with van der Waals surface area (Å²) in [7, 11) is 0. The summed E-state index contributed by atoms with van der Waals surface area (Å²) < 4.78 is 20.6. The predicted molar refractivity (Wildman–Crippen MR) is 107 cm³/mol. The molecule has 27 heavy (non-hydrogen) atoms. The van der Waals surface area contributed by atoms with E-state index >= 15 is 0 Å². The highest BCUT2D eigenvalue weighted by molar-refractivity contribution is 8.14. The van der Waals surface area contributed by atoms with Crippen molar-refractivity contribution in [1.29, 1.82) is 0 Å². The van der Waals surface area contributed by atoms with E-state index in [2.05, 4.69) is 0 Å². The van der Waals surface area contributed by atoms with E-state index in [1.807, 2.05) is 49.4 Å². The number of Topliss-reactive ketones (excluding diaryl/α,β-unsaturated/α-hetero) is 1. The van der Waals surface area contributed by atoms with E-state index in [1.165, 1.54) is 6.07 Å². The van der Waals surface area contributed by atoms with E-state index in [-0.39, 0.29) is 30.0 Å². The third-order valence-corrected chi connectivity index (χ3v) is 6.64. The largest absolute Gasteiger partial charge is 0.378 e. The summed E-state index contributed by atoms with van der Waals surface area (Å²) in [4.78, 5) is 17.7. The average Bonchev–Trinajstić information content (AvgIpc) is 2.69. The molecule has 0 bridgehead atoms. The maximum atomic E-state index is 14.7. The molecule has 2 aliphatic heterocycles. The van der Waals surface area contributed by atoms with Crippen LogP contribution in [-0.2, 0) is 10.3 Å². The Morgan fingerprint density at radius 3 is 2.74 bits per heavy atom. The molecule has 3 atom stereocenters. The molecule has 0 aromatic heterocycles. The molecule has 3 nitrogen and oxygen atoms in total. The lowest BCUT2D eigenvalue weighted by molar-refractivity contribution is -0.0514. The van der Waals surface area contributed by atoms with Crippen LogP contribution in [0.15, 0.2) is 59.6 Å². The Bertz CT molecular complexity index is 870. The topological polar surface area (TPSA) is 38.7 Å². The van der Waals surface area contributed by atoms with Crippen LogP contribution in [0.2, 0.25) is 0 Å². The van der Waals surface area contributed by atoms with Crippen molar-refractivity contribution < 1.29 is 13.9 Å². The summed E-state index contributed by atoms with van der Waals surface area (Å²) in [6.07, 6.45) is 0.889. The van der Waals surface area contributed by atoms with Gasteiger partial charge in [0.05, 0.1) is 23.1 Å². The number of hydrogen-bond donors (Lipinski definition) is 0.